The highest BCUT2D eigenvalue weighted by Gasteiger charge is 2.34. The number of methoxy groups -OCH3 is 1. The molecule has 0 unspecified atom stereocenters. The van der Waals surface area contributed by atoms with Gasteiger partial charge in [0.25, 0.3) is 0 Å². The van der Waals surface area contributed by atoms with Crippen molar-refractivity contribution in [1.29, 1.82) is 0 Å². The zero-order valence-electron chi connectivity index (χ0n) is 11.2. The van der Waals surface area contributed by atoms with Gasteiger partial charge in [-0.15, -0.1) is 0 Å². The lowest BCUT2D eigenvalue weighted by Crippen LogP contribution is -2.14. The fourth-order valence-electron chi connectivity index (χ4n) is 1.53. The minimum absolute atomic E-state index is 0.0371. The molecule has 116 valence electrons. The first kappa shape index (κ1) is 17.2. The number of carbonyl (C=O) groups is 1. The minimum atomic E-state index is -4.58. The molecule has 21 heavy (non-hydrogen) atoms. The van der Waals surface area contributed by atoms with Crippen molar-refractivity contribution in [2.75, 3.05) is 13.7 Å². The Hall–Kier alpha value is -1.83. The second kappa shape index (κ2) is 7.26. The molecule has 0 bridgehead atoms. The maximum Gasteiger partial charge on any atom is 0.419 e. The Morgan fingerprint density at radius 2 is 2.05 bits per heavy atom. The molecular weight excluding hydrogens is 307 g/mol. The number of esters is 1. The molecule has 0 radical (unpaired) electrons. The number of rotatable bonds is 6. The fourth-order valence-corrected chi connectivity index (χ4v) is 1.66. The van der Waals surface area contributed by atoms with Gasteiger partial charge in [0, 0.05) is 12.0 Å². The van der Waals surface area contributed by atoms with Gasteiger partial charge in [-0.1, -0.05) is 12.2 Å². The van der Waals surface area contributed by atoms with E-state index >= 15 is 0 Å². The predicted molar refractivity (Wildman–Crippen MR) is 74.1 cm³/mol. The number of thiocarbonyl (C=S) groups is 1. The van der Waals surface area contributed by atoms with E-state index in [0.29, 0.717) is 0 Å². The normalized spacial score (nSPS) is 11.0. The molecule has 0 fully saturated rings. The van der Waals surface area contributed by atoms with Crippen LogP contribution in [0.25, 0.3) is 0 Å². The lowest BCUT2D eigenvalue weighted by molar-refractivity contribution is -0.141. The summed E-state index contributed by atoms with van der Waals surface area (Å²) in [6, 6.07) is 3.36. The van der Waals surface area contributed by atoms with Crippen LogP contribution >= 0.6 is 12.2 Å². The lowest BCUT2D eigenvalue weighted by Gasteiger charge is -2.15. The first-order valence-corrected chi connectivity index (χ1v) is 6.37. The van der Waals surface area contributed by atoms with Crippen LogP contribution in [0.3, 0.4) is 0 Å². The summed E-state index contributed by atoms with van der Waals surface area (Å²) in [6.45, 7) is -0.0371. The van der Waals surface area contributed by atoms with Gasteiger partial charge in [0.2, 0.25) is 0 Å². The molecule has 0 aliphatic heterocycles. The summed E-state index contributed by atoms with van der Waals surface area (Å²) >= 11 is 4.65. The van der Waals surface area contributed by atoms with Gasteiger partial charge in [-0.2, -0.15) is 13.2 Å². The van der Waals surface area contributed by atoms with Crippen LogP contribution in [0, 0.1) is 0 Å². The van der Waals surface area contributed by atoms with E-state index in [1.807, 2.05) is 0 Å². The summed E-state index contributed by atoms with van der Waals surface area (Å²) in [7, 11) is 1.24. The summed E-state index contributed by atoms with van der Waals surface area (Å²) in [6.07, 6.45) is -4.26. The third-order valence-corrected chi connectivity index (χ3v) is 2.82. The van der Waals surface area contributed by atoms with Crippen molar-refractivity contribution < 1.29 is 27.4 Å². The van der Waals surface area contributed by atoms with Crippen LogP contribution < -0.4 is 10.5 Å². The van der Waals surface area contributed by atoms with E-state index < -0.39 is 17.7 Å². The summed E-state index contributed by atoms with van der Waals surface area (Å²) < 4.78 is 48.3. The highest BCUT2D eigenvalue weighted by Crippen LogP contribution is 2.36. The molecule has 1 rings (SSSR count). The molecule has 0 aliphatic carbocycles. The smallest absolute Gasteiger partial charge is 0.419 e. The maximum absolute atomic E-state index is 12.9. The molecule has 0 atom stereocenters. The number of hydrogen-bond donors (Lipinski definition) is 1. The maximum atomic E-state index is 12.9. The second-order valence-electron chi connectivity index (χ2n) is 4.10. The number of carbonyl (C=O) groups excluding carboxylic acids is 1. The predicted octanol–water partition coefficient (Wildman–Crippen LogP) is 2.67. The van der Waals surface area contributed by atoms with Crippen molar-refractivity contribution in [2.24, 2.45) is 5.73 Å². The second-order valence-corrected chi connectivity index (χ2v) is 4.54. The Kier molecular flexibility index (Phi) is 5.95. The van der Waals surface area contributed by atoms with Crippen molar-refractivity contribution in [1.82, 2.24) is 0 Å². The lowest BCUT2D eigenvalue weighted by atomic mass is 10.1. The largest absolute Gasteiger partial charge is 0.493 e. The molecule has 0 saturated carbocycles. The van der Waals surface area contributed by atoms with Crippen LogP contribution in [0.5, 0.6) is 5.75 Å². The zero-order valence-corrected chi connectivity index (χ0v) is 12.0. The molecule has 0 aromatic heterocycles. The van der Waals surface area contributed by atoms with E-state index in [2.05, 4.69) is 17.0 Å². The van der Waals surface area contributed by atoms with E-state index in [-0.39, 0.29) is 35.7 Å². The number of nitrogens with two attached hydrogens (primary N) is 1. The van der Waals surface area contributed by atoms with Crippen LogP contribution in [0.1, 0.15) is 24.0 Å². The molecule has 0 spiro atoms. The van der Waals surface area contributed by atoms with Crippen molar-refractivity contribution in [2.45, 2.75) is 19.0 Å². The molecule has 2 N–H and O–H groups in total. The monoisotopic (exact) mass is 321 g/mol. The number of ether oxygens (including phenoxy) is 2. The first-order chi connectivity index (χ1) is 9.75. The summed E-state index contributed by atoms with van der Waals surface area (Å²) in [5, 5.41) is 0. The van der Waals surface area contributed by atoms with Gasteiger partial charge in [0.1, 0.15) is 10.7 Å². The number of benzene rings is 1. The Morgan fingerprint density at radius 3 is 2.57 bits per heavy atom. The third kappa shape index (κ3) is 5.22. The average Bonchev–Trinajstić information content (AvgIpc) is 2.42. The van der Waals surface area contributed by atoms with E-state index in [0.717, 1.165) is 12.1 Å². The summed E-state index contributed by atoms with van der Waals surface area (Å²) in [5.41, 5.74) is 4.48. The standard InChI is InChI=1S/C13H14F3NO3S/c1-19-11(18)3-2-6-20-10-5-4-8(12(17)21)7-9(10)13(14,15)16/h4-5,7H,2-3,6H2,1H3,(H2,17,21). The Morgan fingerprint density at radius 1 is 1.38 bits per heavy atom. The van der Waals surface area contributed by atoms with Gasteiger partial charge in [-0.25, -0.2) is 0 Å². The highest BCUT2D eigenvalue weighted by molar-refractivity contribution is 7.80. The quantitative estimate of drug-likeness (QED) is 0.496. The average molecular weight is 321 g/mol. The number of hydrogen-bond acceptors (Lipinski definition) is 4. The third-order valence-electron chi connectivity index (χ3n) is 2.58. The van der Waals surface area contributed by atoms with Gasteiger partial charge in [0.15, 0.2) is 0 Å². The van der Waals surface area contributed by atoms with Crippen molar-refractivity contribution in [3.63, 3.8) is 0 Å². The molecular formula is C13H14F3NO3S. The topological polar surface area (TPSA) is 61.5 Å². The molecule has 1 aromatic carbocycles. The molecule has 8 heteroatoms. The molecule has 0 saturated heterocycles. The SMILES string of the molecule is COC(=O)CCCOc1ccc(C(N)=S)cc1C(F)(F)F. The van der Waals surface area contributed by atoms with E-state index in [1.54, 1.807) is 0 Å². The molecule has 1 aromatic rings. The van der Waals surface area contributed by atoms with Crippen LogP contribution in [-0.2, 0) is 15.7 Å². The van der Waals surface area contributed by atoms with E-state index in [9.17, 15) is 18.0 Å². The molecule has 0 heterocycles. The molecule has 0 aliphatic rings. The summed E-state index contributed by atoms with van der Waals surface area (Å²) in [4.78, 5) is 10.8. The van der Waals surface area contributed by atoms with Gasteiger partial charge < -0.3 is 15.2 Å². The van der Waals surface area contributed by atoms with Gasteiger partial charge in [0.05, 0.1) is 19.3 Å². The minimum Gasteiger partial charge on any atom is -0.493 e. The Bertz CT molecular complexity index is 532. The van der Waals surface area contributed by atoms with E-state index in [1.165, 1.54) is 13.2 Å². The fraction of sp³-hybridized carbons (Fsp3) is 0.385. The number of alkyl halides is 3. The Balaban J connectivity index is 2.82. The molecule has 4 nitrogen and oxygen atoms in total. The van der Waals surface area contributed by atoms with Crippen molar-refractivity contribution in [3.05, 3.63) is 29.3 Å². The van der Waals surface area contributed by atoms with Crippen molar-refractivity contribution >= 4 is 23.2 Å². The Labute approximate surface area is 125 Å². The summed E-state index contributed by atoms with van der Waals surface area (Å²) in [5.74, 6) is -0.772. The molecule has 0 amide bonds. The van der Waals surface area contributed by atoms with Gasteiger partial charge >= 0.3 is 12.1 Å². The van der Waals surface area contributed by atoms with Crippen LogP contribution in [0.2, 0.25) is 0 Å². The van der Waals surface area contributed by atoms with E-state index in [4.69, 9.17) is 10.5 Å². The van der Waals surface area contributed by atoms with Gasteiger partial charge in [-0.3, -0.25) is 4.79 Å². The highest BCUT2D eigenvalue weighted by atomic mass is 32.1. The first-order valence-electron chi connectivity index (χ1n) is 5.96. The van der Waals surface area contributed by atoms with Crippen LogP contribution in [-0.4, -0.2) is 24.7 Å². The van der Waals surface area contributed by atoms with Crippen molar-refractivity contribution in [3.8, 4) is 5.75 Å². The van der Waals surface area contributed by atoms with Crippen LogP contribution in [0.4, 0.5) is 13.2 Å². The van der Waals surface area contributed by atoms with Crippen LogP contribution in [0.15, 0.2) is 18.2 Å². The van der Waals surface area contributed by atoms with Gasteiger partial charge in [-0.05, 0) is 24.6 Å². The number of halogens is 3. The zero-order chi connectivity index (χ0) is 16.0.